The first-order valence-electron chi connectivity index (χ1n) is 5.47. The highest BCUT2D eigenvalue weighted by Crippen LogP contribution is 2.05. The molecule has 0 radical (unpaired) electrons. The first-order valence-corrected chi connectivity index (χ1v) is 6.63. The number of hydrogen-bond donors (Lipinski definition) is 1. The monoisotopic (exact) mass is 228 g/mol. The Hall–Kier alpha value is -0.550. The van der Waals surface area contributed by atoms with E-state index < -0.39 is 0 Å². The molecule has 1 atom stereocenters. The normalized spacial score (nSPS) is 13.0. The zero-order valence-corrected chi connectivity index (χ0v) is 10.3. The molecule has 5 heteroatoms. The SMILES string of the molecule is CCCn1ncnc1CC(N)CSCC. The molecule has 1 unspecified atom stereocenters. The van der Waals surface area contributed by atoms with Gasteiger partial charge < -0.3 is 5.73 Å². The highest BCUT2D eigenvalue weighted by atomic mass is 32.2. The molecule has 0 fully saturated rings. The van der Waals surface area contributed by atoms with Crippen LogP contribution in [0.1, 0.15) is 26.1 Å². The van der Waals surface area contributed by atoms with Crippen LogP contribution in [0.2, 0.25) is 0 Å². The molecule has 0 bridgehead atoms. The Morgan fingerprint density at radius 1 is 1.53 bits per heavy atom. The predicted octanol–water partition coefficient (Wildman–Crippen LogP) is 1.31. The summed E-state index contributed by atoms with van der Waals surface area (Å²) in [5, 5.41) is 4.18. The van der Waals surface area contributed by atoms with Crippen molar-refractivity contribution in [1.82, 2.24) is 14.8 Å². The van der Waals surface area contributed by atoms with Crippen LogP contribution in [-0.4, -0.2) is 32.3 Å². The smallest absolute Gasteiger partial charge is 0.138 e. The van der Waals surface area contributed by atoms with Crippen molar-refractivity contribution in [2.45, 2.75) is 39.3 Å². The van der Waals surface area contributed by atoms with E-state index >= 15 is 0 Å². The fraction of sp³-hybridized carbons (Fsp3) is 0.800. The lowest BCUT2D eigenvalue weighted by Crippen LogP contribution is -2.27. The van der Waals surface area contributed by atoms with Crippen LogP contribution >= 0.6 is 11.8 Å². The summed E-state index contributed by atoms with van der Waals surface area (Å²) in [5.74, 6) is 3.13. The zero-order chi connectivity index (χ0) is 11.1. The van der Waals surface area contributed by atoms with Gasteiger partial charge in [0.15, 0.2) is 0 Å². The molecule has 15 heavy (non-hydrogen) atoms. The molecule has 0 aliphatic heterocycles. The summed E-state index contributed by atoms with van der Waals surface area (Å²) in [6.45, 7) is 5.22. The van der Waals surface area contributed by atoms with Crippen molar-refractivity contribution >= 4 is 11.8 Å². The molecule has 86 valence electrons. The molecule has 4 nitrogen and oxygen atoms in total. The van der Waals surface area contributed by atoms with Crippen molar-refractivity contribution in [1.29, 1.82) is 0 Å². The van der Waals surface area contributed by atoms with Crippen LogP contribution in [0.4, 0.5) is 0 Å². The summed E-state index contributed by atoms with van der Waals surface area (Å²) in [7, 11) is 0. The van der Waals surface area contributed by atoms with Crippen LogP contribution in [0.25, 0.3) is 0 Å². The lowest BCUT2D eigenvalue weighted by molar-refractivity contribution is 0.553. The summed E-state index contributed by atoms with van der Waals surface area (Å²) in [6, 6.07) is 0.190. The number of thioether (sulfide) groups is 1. The third-order valence-electron chi connectivity index (χ3n) is 2.11. The van der Waals surface area contributed by atoms with E-state index in [-0.39, 0.29) is 6.04 Å². The summed E-state index contributed by atoms with van der Waals surface area (Å²) < 4.78 is 1.95. The minimum Gasteiger partial charge on any atom is -0.327 e. The fourth-order valence-corrected chi connectivity index (χ4v) is 2.06. The largest absolute Gasteiger partial charge is 0.327 e. The molecule has 0 saturated carbocycles. The van der Waals surface area contributed by atoms with Crippen LogP contribution in [-0.2, 0) is 13.0 Å². The summed E-state index contributed by atoms with van der Waals surface area (Å²) in [5.41, 5.74) is 6.01. The molecule has 1 aromatic heterocycles. The van der Waals surface area contributed by atoms with Crippen molar-refractivity contribution in [3.05, 3.63) is 12.2 Å². The number of aromatic nitrogens is 3. The molecule has 0 spiro atoms. The first kappa shape index (κ1) is 12.5. The van der Waals surface area contributed by atoms with Crippen LogP contribution in [0.15, 0.2) is 6.33 Å². The average Bonchev–Trinajstić information content (AvgIpc) is 2.63. The van der Waals surface area contributed by atoms with Crippen molar-refractivity contribution in [2.24, 2.45) is 5.73 Å². The highest BCUT2D eigenvalue weighted by Gasteiger charge is 2.09. The highest BCUT2D eigenvalue weighted by molar-refractivity contribution is 7.99. The molecule has 0 saturated heterocycles. The van der Waals surface area contributed by atoms with Gasteiger partial charge in [0.25, 0.3) is 0 Å². The Labute approximate surface area is 95.6 Å². The van der Waals surface area contributed by atoms with Crippen LogP contribution in [0.5, 0.6) is 0 Å². The van der Waals surface area contributed by atoms with Crippen molar-refractivity contribution in [3.8, 4) is 0 Å². The number of nitrogens with zero attached hydrogens (tertiary/aromatic N) is 3. The van der Waals surface area contributed by atoms with Crippen molar-refractivity contribution in [3.63, 3.8) is 0 Å². The summed E-state index contributed by atoms with van der Waals surface area (Å²) in [4.78, 5) is 4.25. The molecule has 1 heterocycles. The molecule has 0 aliphatic rings. The molecule has 1 aromatic rings. The second-order valence-electron chi connectivity index (χ2n) is 3.52. The van der Waals surface area contributed by atoms with Crippen LogP contribution in [0.3, 0.4) is 0 Å². The van der Waals surface area contributed by atoms with Crippen LogP contribution < -0.4 is 5.73 Å². The van der Waals surface area contributed by atoms with Crippen molar-refractivity contribution in [2.75, 3.05) is 11.5 Å². The predicted molar refractivity (Wildman–Crippen MR) is 65.0 cm³/mol. The molecule has 0 aromatic carbocycles. The Balaban J connectivity index is 2.44. The van der Waals surface area contributed by atoms with E-state index in [2.05, 4.69) is 23.9 Å². The van der Waals surface area contributed by atoms with Gasteiger partial charge in [-0.1, -0.05) is 13.8 Å². The molecule has 1 rings (SSSR count). The van der Waals surface area contributed by atoms with E-state index in [1.807, 2.05) is 16.4 Å². The topological polar surface area (TPSA) is 56.7 Å². The van der Waals surface area contributed by atoms with E-state index in [9.17, 15) is 0 Å². The van der Waals surface area contributed by atoms with Gasteiger partial charge in [-0.3, -0.25) is 4.68 Å². The van der Waals surface area contributed by atoms with Gasteiger partial charge in [0.1, 0.15) is 12.2 Å². The number of aryl methyl sites for hydroxylation is 1. The van der Waals surface area contributed by atoms with Crippen LogP contribution in [0, 0.1) is 0 Å². The first-order chi connectivity index (χ1) is 7.27. The summed E-state index contributed by atoms with van der Waals surface area (Å²) in [6.07, 6.45) is 3.52. The van der Waals surface area contributed by atoms with E-state index in [1.165, 1.54) is 0 Å². The lowest BCUT2D eigenvalue weighted by Gasteiger charge is -2.10. The number of rotatable bonds is 7. The van der Waals surface area contributed by atoms with E-state index in [1.54, 1.807) is 6.33 Å². The van der Waals surface area contributed by atoms with Gasteiger partial charge in [0.2, 0.25) is 0 Å². The lowest BCUT2D eigenvalue weighted by atomic mass is 10.2. The minimum absolute atomic E-state index is 0.190. The average molecular weight is 228 g/mol. The third-order valence-corrected chi connectivity index (χ3v) is 3.18. The van der Waals surface area contributed by atoms with Gasteiger partial charge in [-0.15, -0.1) is 0 Å². The Bertz CT molecular complexity index is 274. The quantitative estimate of drug-likeness (QED) is 0.764. The van der Waals surface area contributed by atoms with Gasteiger partial charge in [-0.2, -0.15) is 16.9 Å². The van der Waals surface area contributed by atoms with Gasteiger partial charge in [-0.25, -0.2) is 4.98 Å². The van der Waals surface area contributed by atoms with Gasteiger partial charge >= 0.3 is 0 Å². The molecule has 0 aliphatic carbocycles. The van der Waals surface area contributed by atoms with Gasteiger partial charge in [0, 0.05) is 24.8 Å². The van der Waals surface area contributed by atoms with E-state index in [0.717, 1.165) is 36.7 Å². The molecular formula is C10H20N4S. The number of hydrogen-bond acceptors (Lipinski definition) is 4. The van der Waals surface area contributed by atoms with Crippen molar-refractivity contribution < 1.29 is 0 Å². The fourth-order valence-electron chi connectivity index (χ4n) is 1.41. The second kappa shape index (κ2) is 6.85. The minimum atomic E-state index is 0.190. The molecule has 0 amide bonds. The Morgan fingerprint density at radius 2 is 2.33 bits per heavy atom. The van der Waals surface area contributed by atoms with Gasteiger partial charge in [-0.05, 0) is 12.2 Å². The van der Waals surface area contributed by atoms with Gasteiger partial charge in [0.05, 0.1) is 0 Å². The summed E-state index contributed by atoms with van der Waals surface area (Å²) >= 11 is 1.87. The zero-order valence-electron chi connectivity index (χ0n) is 9.52. The maximum atomic E-state index is 6.01. The maximum absolute atomic E-state index is 6.01. The van der Waals surface area contributed by atoms with E-state index in [4.69, 9.17) is 5.73 Å². The Kier molecular flexibility index (Phi) is 5.71. The maximum Gasteiger partial charge on any atom is 0.138 e. The standard InChI is InChI=1S/C10H20N4S/c1-3-5-14-10(12-8-13-14)6-9(11)7-15-4-2/h8-9H,3-7,11H2,1-2H3. The van der Waals surface area contributed by atoms with E-state index in [0.29, 0.717) is 0 Å². The second-order valence-corrected chi connectivity index (χ2v) is 4.84. The third kappa shape index (κ3) is 4.22. The molecular weight excluding hydrogens is 208 g/mol. The number of nitrogens with two attached hydrogens (primary N) is 1. The Morgan fingerprint density at radius 3 is 3.00 bits per heavy atom. The molecule has 2 N–H and O–H groups in total.